The molecule has 0 amide bonds. The van der Waals surface area contributed by atoms with Gasteiger partial charge in [-0.3, -0.25) is 0 Å². The number of rotatable bonds is 5. The molecule has 0 aliphatic carbocycles. The summed E-state index contributed by atoms with van der Waals surface area (Å²) in [6.07, 6.45) is 1.19. The van der Waals surface area contributed by atoms with Crippen LogP contribution >= 0.6 is 15.9 Å². The minimum Gasteiger partial charge on any atom is -0.393 e. The average Bonchev–Trinajstić information content (AvgIpc) is 2.21. The molecule has 3 heteroatoms. The molecule has 96 valence electrons. The van der Waals surface area contributed by atoms with Crippen LogP contribution in [0.5, 0.6) is 0 Å². The van der Waals surface area contributed by atoms with Crippen molar-refractivity contribution in [2.75, 3.05) is 0 Å². The van der Waals surface area contributed by atoms with Crippen molar-refractivity contribution in [2.45, 2.75) is 39.7 Å². The summed E-state index contributed by atoms with van der Waals surface area (Å²) < 4.78 is 13.7. The highest BCUT2D eigenvalue weighted by atomic mass is 79.9. The summed E-state index contributed by atoms with van der Waals surface area (Å²) in [4.78, 5) is 0. The molecular formula is C14H20BrFO. The van der Waals surface area contributed by atoms with Gasteiger partial charge < -0.3 is 5.11 Å². The van der Waals surface area contributed by atoms with E-state index in [2.05, 4.69) is 36.7 Å². The Balaban J connectivity index is 2.64. The number of aliphatic hydroxyl groups is 1. The van der Waals surface area contributed by atoms with Crippen molar-refractivity contribution in [1.29, 1.82) is 0 Å². The zero-order valence-corrected chi connectivity index (χ0v) is 12.2. The van der Waals surface area contributed by atoms with E-state index in [1.54, 1.807) is 6.07 Å². The van der Waals surface area contributed by atoms with Crippen molar-refractivity contribution >= 4 is 15.9 Å². The van der Waals surface area contributed by atoms with E-state index in [9.17, 15) is 9.50 Å². The van der Waals surface area contributed by atoms with Crippen LogP contribution in [0.1, 0.15) is 32.8 Å². The highest BCUT2D eigenvalue weighted by Crippen LogP contribution is 2.23. The molecule has 2 unspecified atom stereocenters. The quantitative estimate of drug-likeness (QED) is 0.865. The van der Waals surface area contributed by atoms with E-state index in [-0.39, 0.29) is 17.8 Å². The Kier molecular flexibility index (Phi) is 5.60. The first-order valence-electron chi connectivity index (χ1n) is 6.02. The molecule has 0 aliphatic heterocycles. The second-order valence-corrected chi connectivity index (χ2v) is 5.97. The normalized spacial score (nSPS) is 15.0. The molecule has 0 aliphatic rings. The van der Waals surface area contributed by atoms with Crippen LogP contribution in [-0.4, -0.2) is 11.2 Å². The van der Waals surface area contributed by atoms with Crippen LogP contribution in [0.15, 0.2) is 22.7 Å². The van der Waals surface area contributed by atoms with Gasteiger partial charge in [0, 0.05) is 4.47 Å². The first-order valence-corrected chi connectivity index (χ1v) is 6.81. The molecule has 2 atom stereocenters. The number of benzene rings is 1. The fourth-order valence-corrected chi connectivity index (χ4v) is 2.53. The number of hydrogen-bond acceptors (Lipinski definition) is 1. The molecule has 0 saturated heterocycles. The maximum atomic E-state index is 12.9. The standard InChI is InChI=1S/C14H20BrFO/c1-9(2)6-10(3)14(17)7-11-4-5-12(16)8-13(11)15/h4-5,8-10,14,17H,6-7H2,1-3H3. The summed E-state index contributed by atoms with van der Waals surface area (Å²) in [6, 6.07) is 4.60. The Morgan fingerprint density at radius 1 is 1.29 bits per heavy atom. The van der Waals surface area contributed by atoms with Gasteiger partial charge in [0.15, 0.2) is 0 Å². The van der Waals surface area contributed by atoms with Crippen molar-refractivity contribution < 1.29 is 9.50 Å². The van der Waals surface area contributed by atoms with Crippen LogP contribution in [0.2, 0.25) is 0 Å². The Bertz CT molecular complexity index is 365. The van der Waals surface area contributed by atoms with E-state index in [0.717, 1.165) is 16.5 Å². The Morgan fingerprint density at radius 2 is 1.94 bits per heavy atom. The summed E-state index contributed by atoms with van der Waals surface area (Å²) in [5.41, 5.74) is 0.953. The van der Waals surface area contributed by atoms with E-state index in [1.807, 2.05) is 0 Å². The van der Waals surface area contributed by atoms with Crippen LogP contribution in [0, 0.1) is 17.7 Å². The molecule has 0 radical (unpaired) electrons. The predicted molar refractivity (Wildman–Crippen MR) is 72.4 cm³/mol. The van der Waals surface area contributed by atoms with Gasteiger partial charge in [-0.05, 0) is 42.4 Å². The molecular weight excluding hydrogens is 283 g/mol. The topological polar surface area (TPSA) is 20.2 Å². The molecule has 0 saturated carbocycles. The second-order valence-electron chi connectivity index (χ2n) is 5.11. The lowest BCUT2D eigenvalue weighted by molar-refractivity contribution is 0.105. The maximum absolute atomic E-state index is 12.9. The van der Waals surface area contributed by atoms with Gasteiger partial charge in [-0.1, -0.05) is 42.8 Å². The van der Waals surface area contributed by atoms with Gasteiger partial charge in [-0.15, -0.1) is 0 Å². The number of aliphatic hydroxyl groups excluding tert-OH is 1. The third-order valence-corrected chi connectivity index (χ3v) is 3.68. The Labute approximate surface area is 111 Å². The van der Waals surface area contributed by atoms with Crippen LogP contribution in [0.3, 0.4) is 0 Å². The monoisotopic (exact) mass is 302 g/mol. The molecule has 1 N–H and O–H groups in total. The second kappa shape index (κ2) is 6.50. The van der Waals surface area contributed by atoms with Crippen molar-refractivity contribution in [1.82, 2.24) is 0 Å². The summed E-state index contributed by atoms with van der Waals surface area (Å²) in [7, 11) is 0. The SMILES string of the molecule is CC(C)CC(C)C(O)Cc1ccc(F)cc1Br. The Morgan fingerprint density at radius 3 is 2.47 bits per heavy atom. The van der Waals surface area contributed by atoms with Crippen LogP contribution in [0.4, 0.5) is 4.39 Å². The molecule has 0 spiro atoms. The minimum atomic E-state index is -0.376. The van der Waals surface area contributed by atoms with Crippen molar-refractivity contribution in [3.8, 4) is 0 Å². The zero-order valence-electron chi connectivity index (χ0n) is 10.6. The van der Waals surface area contributed by atoms with Gasteiger partial charge in [0.2, 0.25) is 0 Å². The van der Waals surface area contributed by atoms with Gasteiger partial charge >= 0.3 is 0 Å². The molecule has 1 rings (SSSR count). The molecule has 1 aromatic rings. The third-order valence-electron chi connectivity index (χ3n) is 2.94. The van der Waals surface area contributed by atoms with E-state index in [4.69, 9.17) is 0 Å². The molecule has 0 heterocycles. The first-order chi connectivity index (χ1) is 7.90. The fraction of sp³-hybridized carbons (Fsp3) is 0.571. The Hall–Kier alpha value is -0.410. The highest BCUT2D eigenvalue weighted by molar-refractivity contribution is 9.10. The van der Waals surface area contributed by atoms with Crippen LogP contribution in [0.25, 0.3) is 0 Å². The summed E-state index contributed by atoms with van der Waals surface area (Å²) in [5, 5.41) is 10.1. The minimum absolute atomic E-state index is 0.256. The molecule has 0 bridgehead atoms. The number of halogens is 2. The summed E-state index contributed by atoms with van der Waals surface area (Å²) in [5.74, 6) is 0.577. The molecule has 0 aromatic heterocycles. The van der Waals surface area contributed by atoms with Gasteiger partial charge in [0.1, 0.15) is 5.82 Å². The van der Waals surface area contributed by atoms with E-state index in [1.165, 1.54) is 12.1 Å². The van der Waals surface area contributed by atoms with E-state index >= 15 is 0 Å². The van der Waals surface area contributed by atoms with Crippen molar-refractivity contribution in [2.24, 2.45) is 11.8 Å². The smallest absolute Gasteiger partial charge is 0.124 e. The largest absolute Gasteiger partial charge is 0.393 e. The molecule has 17 heavy (non-hydrogen) atoms. The van der Waals surface area contributed by atoms with Crippen LogP contribution in [-0.2, 0) is 6.42 Å². The fourth-order valence-electron chi connectivity index (χ4n) is 2.01. The third kappa shape index (κ3) is 4.76. The highest BCUT2D eigenvalue weighted by Gasteiger charge is 2.17. The van der Waals surface area contributed by atoms with E-state index in [0.29, 0.717) is 12.3 Å². The lowest BCUT2D eigenvalue weighted by Gasteiger charge is -2.21. The predicted octanol–water partition coefficient (Wildman–Crippen LogP) is 4.17. The van der Waals surface area contributed by atoms with Gasteiger partial charge in [0.25, 0.3) is 0 Å². The van der Waals surface area contributed by atoms with Gasteiger partial charge in [-0.25, -0.2) is 4.39 Å². The maximum Gasteiger partial charge on any atom is 0.124 e. The average molecular weight is 303 g/mol. The number of hydrogen-bond donors (Lipinski definition) is 1. The lowest BCUT2D eigenvalue weighted by atomic mass is 9.90. The lowest BCUT2D eigenvalue weighted by Crippen LogP contribution is -2.22. The van der Waals surface area contributed by atoms with Gasteiger partial charge in [-0.2, -0.15) is 0 Å². The van der Waals surface area contributed by atoms with Gasteiger partial charge in [0.05, 0.1) is 6.10 Å². The molecule has 1 aromatic carbocycles. The van der Waals surface area contributed by atoms with Crippen molar-refractivity contribution in [3.63, 3.8) is 0 Å². The van der Waals surface area contributed by atoms with Crippen LogP contribution < -0.4 is 0 Å². The summed E-state index contributed by atoms with van der Waals surface area (Å²) in [6.45, 7) is 6.36. The summed E-state index contributed by atoms with van der Waals surface area (Å²) >= 11 is 3.32. The zero-order chi connectivity index (χ0) is 13.0. The van der Waals surface area contributed by atoms with E-state index < -0.39 is 0 Å². The van der Waals surface area contributed by atoms with Crippen molar-refractivity contribution in [3.05, 3.63) is 34.1 Å². The molecule has 1 nitrogen and oxygen atoms in total. The molecule has 0 fully saturated rings. The first kappa shape index (κ1) is 14.7.